The zero-order valence-corrected chi connectivity index (χ0v) is 15.3. The number of hydrogen-bond donors (Lipinski definition) is 1. The zero-order chi connectivity index (χ0) is 17.2. The fraction of sp³-hybridized carbons (Fsp3) is 0.294. The molecule has 0 saturated heterocycles. The fourth-order valence-corrected chi connectivity index (χ4v) is 4.24. The van der Waals surface area contributed by atoms with Crippen molar-refractivity contribution in [2.75, 3.05) is 12.4 Å². The van der Waals surface area contributed by atoms with Crippen LogP contribution in [0.1, 0.15) is 28.6 Å². The van der Waals surface area contributed by atoms with Gasteiger partial charge in [0, 0.05) is 29.6 Å². The van der Waals surface area contributed by atoms with E-state index in [2.05, 4.69) is 20.5 Å². The van der Waals surface area contributed by atoms with Crippen LogP contribution in [0.3, 0.4) is 0 Å². The molecule has 0 radical (unpaired) electrons. The largest absolute Gasteiger partial charge is 0.323 e. The van der Waals surface area contributed by atoms with Crippen molar-refractivity contribution in [2.45, 2.75) is 25.3 Å². The van der Waals surface area contributed by atoms with Crippen LogP contribution in [-0.2, 0) is 6.54 Å². The lowest BCUT2D eigenvalue weighted by Crippen LogP contribution is -2.30. The summed E-state index contributed by atoms with van der Waals surface area (Å²) in [6.45, 7) is 0.505. The quantitative estimate of drug-likeness (QED) is 0.729. The van der Waals surface area contributed by atoms with Gasteiger partial charge in [-0.15, -0.1) is 21.5 Å². The number of amides is 2. The molecule has 3 aromatic rings. The van der Waals surface area contributed by atoms with Crippen molar-refractivity contribution in [3.63, 3.8) is 0 Å². The topological polar surface area (TPSA) is 71.0 Å². The Kier molecular flexibility index (Phi) is 4.46. The van der Waals surface area contributed by atoms with Gasteiger partial charge in [-0.05, 0) is 12.8 Å². The number of hydrogen-bond acceptors (Lipinski definition) is 6. The molecule has 8 heteroatoms. The van der Waals surface area contributed by atoms with Crippen LogP contribution in [0.25, 0.3) is 10.6 Å². The van der Waals surface area contributed by atoms with Gasteiger partial charge in [-0.1, -0.05) is 41.7 Å². The van der Waals surface area contributed by atoms with Crippen LogP contribution in [0.15, 0.2) is 36.5 Å². The minimum Gasteiger partial charge on any atom is -0.322 e. The van der Waals surface area contributed by atoms with E-state index in [0.29, 0.717) is 17.6 Å². The second-order valence-corrected chi connectivity index (χ2v) is 8.13. The third kappa shape index (κ3) is 3.85. The van der Waals surface area contributed by atoms with Crippen molar-refractivity contribution in [2.24, 2.45) is 0 Å². The summed E-state index contributed by atoms with van der Waals surface area (Å²) >= 11 is 3.06. The van der Waals surface area contributed by atoms with E-state index < -0.39 is 0 Å². The van der Waals surface area contributed by atoms with Gasteiger partial charge < -0.3 is 4.90 Å². The molecule has 6 nitrogen and oxygen atoms in total. The normalized spacial score (nSPS) is 13.6. The van der Waals surface area contributed by atoms with Crippen molar-refractivity contribution in [1.82, 2.24) is 20.1 Å². The first kappa shape index (κ1) is 16.2. The first-order valence-electron chi connectivity index (χ1n) is 8.04. The Labute approximate surface area is 153 Å². The van der Waals surface area contributed by atoms with E-state index in [4.69, 9.17) is 0 Å². The number of aromatic nitrogens is 3. The highest BCUT2D eigenvalue weighted by atomic mass is 32.1. The van der Waals surface area contributed by atoms with E-state index in [1.165, 1.54) is 24.2 Å². The molecule has 0 atom stereocenters. The summed E-state index contributed by atoms with van der Waals surface area (Å²) in [7, 11) is 1.76. The third-order valence-electron chi connectivity index (χ3n) is 3.90. The molecule has 1 N–H and O–H groups in total. The predicted octanol–water partition coefficient (Wildman–Crippen LogP) is 4.20. The lowest BCUT2D eigenvalue weighted by atomic mass is 10.2. The molecule has 1 aliphatic carbocycles. The standard InChI is InChI=1S/C17H17N5OS2/c1-22(17(23)19-16-21-20-15(25-16)12-7-8-12)10-13-9-18-14(24-13)11-5-3-2-4-6-11/h2-6,9,12H,7-8,10H2,1H3,(H,19,21,23). The van der Waals surface area contributed by atoms with Crippen LogP contribution in [0.2, 0.25) is 0 Å². The van der Waals surface area contributed by atoms with Crippen LogP contribution >= 0.6 is 22.7 Å². The minimum atomic E-state index is -0.187. The molecule has 4 rings (SSSR count). The number of nitrogens with zero attached hydrogens (tertiary/aromatic N) is 4. The highest BCUT2D eigenvalue weighted by Gasteiger charge is 2.28. The number of thiazole rings is 1. The van der Waals surface area contributed by atoms with Gasteiger partial charge in [0.05, 0.1) is 6.54 Å². The molecule has 0 bridgehead atoms. The minimum absolute atomic E-state index is 0.187. The second-order valence-electron chi connectivity index (χ2n) is 6.00. The van der Waals surface area contributed by atoms with E-state index in [0.717, 1.165) is 20.5 Å². The molecule has 1 fully saturated rings. The van der Waals surface area contributed by atoms with E-state index in [1.54, 1.807) is 23.3 Å². The van der Waals surface area contributed by atoms with Gasteiger partial charge >= 0.3 is 6.03 Å². The van der Waals surface area contributed by atoms with Gasteiger partial charge in [-0.3, -0.25) is 5.32 Å². The Hall–Kier alpha value is -2.32. The Morgan fingerprint density at radius 1 is 1.24 bits per heavy atom. The average Bonchev–Trinajstić information content (AvgIpc) is 3.20. The summed E-state index contributed by atoms with van der Waals surface area (Å²) in [5.41, 5.74) is 1.09. The Morgan fingerprint density at radius 3 is 2.80 bits per heavy atom. The van der Waals surface area contributed by atoms with E-state index in [1.807, 2.05) is 36.5 Å². The highest BCUT2D eigenvalue weighted by Crippen LogP contribution is 2.42. The van der Waals surface area contributed by atoms with E-state index >= 15 is 0 Å². The van der Waals surface area contributed by atoms with Crippen LogP contribution < -0.4 is 5.32 Å². The highest BCUT2D eigenvalue weighted by molar-refractivity contribution is 7.15. The van der Waals surface area contributed by atoms with E-state index in [9.17, 15) is 4.79 Å². The van der Waals surface area contributed by atoms with Crippen molar-refractivity contribution in [3.8, 4) is 10.6 Å². The summed E-state index contributed by atoms with van der Waals surface area (Å²) in [5, 5.41) is 13.6. The van der Waals surface area contributed by atoms with Gasteiger partial charge in [0.1, 0.15) is 10.0 Å². The maximum absolute atomic E-state index is 12.3. The van der Waals surface area contributed by atoms with Gasteiger partial charge in [-0.25, -0.2) is 9.78 Å². The maximum Gasteiger partial charge on any atom is 0.323 e. The van der Waals surface area contributed by atoms with Crippen LogP contribution in [0.4, 0.5) is 9.93 Å². The molecule has 1 aromatic carbocycles. The van der Waals surface area contributed by atoms with E-state index in [-0.39, 0.29) is 6.03 Å². The monoisotopic (exact) mass is 371 g/mol. The summed E-state index contributed by atoms with van der Waals surface area (Å²) in [5.74, 6) is 0.550. The molecule has 0 aliphatic heterocycles. The summed E-state index contributed by atoms with van der Waals surface area (Å²) < 4.78 is 0. The molecule has 2 aromatic heterocycles. The Bertz CT molecular complexity index is 872. The molecule has 128 valence electrons. The number of nitrogens with one attached hydrogen (secondary N) is 1. The molecular weight excluding hydrogens is 354 g/mol. The number of rotatable bonds is 5. The van der Waals surface area contributed by atoms with Crippen molar-refractivity contribution >= 4 is 33.8 Å². The van der Waals surface area contributed by atoms with Crippen LogP contribution in [-0.4, -0.2) is 33.2 Å². The van der Waals surface area contributed by atoms with Crippen molar-refractivity contribution < 1.29 is 4.79 Å². The lowest BCUT2D eigenvalue weighted by molar-refractivity contribution is 0.221. The van der Waals surface area contributed by atoms with Gasteiger partial charge in [0.2, 0.25) is 5.13 Å². The molecule has 2 heterocycles. The van der Waals surface area contributed by atoms with Crippen molar-refractivity contribution in [1.29, 1.82) is 0 Å². The van der Waals surface area contributed by atoms with Gasteiger partial charge in [0.25, 0.3) is 0 Å². The summed E-state index contributed by atoms with van der Waals surface area (Å²) in [6, 6.07) is 9.85. The maximum atomic E-state index is 12.3. The number of carbonyl (C=O) groups is 1. The average molecular weight is 371 g/mol. The van der Waals surface area contributed by atoms with Crippen molar-refractivity contribution in [3.05, 3.63) is 46.4 Å². The fourth-order valence-electron chi connectivity index (χ4n) is 2.37. The third-order valence-corrected chi connectivity index (χ3v) is 5.93. The SMILES string of the molecule is CN(Cc1cnc(-c2ccccc2)s1)C(=O)Nc1nnc(C2CC2)s1. The number of carbonyl (C=O) groups excluding carboxylic acids is 1. The van der Waals surface area contributed by atoms with Crippen LogP contribution in [0.5, 0.6) is 0 Å². The van der Waals surface area contributed by atoms with Gasteiger partial charge in [0.15, 0.2) is 0 Å². The molecule has 0 unspecified atom stereocenters. The molecule has 25 heavy (non-hydrogen) atoms. The lowest BCUT2D eigenvalue weighted by Gasteiger charge is -2.15. The number of anilines is 1. The smallest absolute Gasteiger partial charge is 0.322 e. The predicted molar refractivity (Wildman–Crippen MR) is 99.9 cm³/mol. The molecule has 2 amide bonds. The molecule has 1 saturated carbocycles. The number of benzene rings is 1. The zero-order valence-electron chi connectivity index (χ0n) is 13.7. The first-order valence-corrected chi connectivity index (χ1v) is 9.68. The van der Waals surface area contributed by atoms with Crippen LogP contribution in [0, 0.1) is 0 Å². The molecule has 1 aliphatic rings. The summed E-state index contributed by atoms with van der Waals surface area (Å²) in [6.07, 6.45) is 4.18. The second kappa shape index (κ2) is 6.89. The Balaban J connectivity index is 1.36. The Morgan fingerprint density at radius 2 is 2.04 bits per heavy atom. The summed E-state index contributed by atoms with van der Waals surface area (Å²) in [4.78, 5) is 19.4. The molecular formula is C17H17N5OS2. The number of urea groups is 1. The van der Waals surface area contributed by atoms with Gasteiger partial charge in [-0.2, -0.15) is 0 Å². The first-order chi connectivity index (χ1) is 12.2. The molecule has 0 spiro atoms.